The van der Waals surface area contributed by atoms with E-state index in [1.165, 1.54) is 44.9 Å². The molecule has 0 aromatic carbocycles. The van der Waals surface area contributed by atoms with Gasteiger partial charge in [0.2, 0.25) is 0 Å². The lowest BCUT2D eigenvalue weighted by atomic mass is 9.90. The van der Waals surface area contributed by atoms with Crippen LogP contribution in [0.25, 0.3) is 0 Å². The molecule has 0 aromatic heterocycles. The minimum atomic E-state index is -0.240. The van der Waals surface area contributed by atoms with Gasteiger partial charge in [0.15, 0.2) is 0 Å². The fraction of sp³-hybridized carbons (Fsp3) is 1.00. The molecule has 2 N–H and O–H groups in total. The first-order valence-electron chi connectivity index (χ1n) is 7.18. The summed E-state index contributed by atoms with van der Waals surface area (Å²) in [6.45, 7) is 3.73. The molecule has 2 fully saturated rings. The van der Waals surface area contributed by atoms with Crippen LogP contribution in [0.15, 0.2) is 0 Å². The van der Waals surface area contributed by atoms with E-state index in [-0.39, 0.29) is 12.1 Å². The predicted octanol–water partition coefficient (Wildman–Crippen LogP) is 2.09. The van der Waals surface area contributed by atoms with Gasteiger partial charge in [0.1, 0.15) is 0 Å². The van der Waals surface area contributed by atoms with Gasteiger partial charge in [-0.25, -0.2) is 0 Å². The second kappa shape index (κ2) is 6.17. The lowest BCUT2D eigenvalue weighted by Gasteiger charge is -2.30. The molecule has 0 bridgehead atoms. The molecule has 2 saturated carbocycles. The minimum absolute atomic E-state index is 0.161. The molecule has 3 heteroatoms. The molecule has 0 amide bonds. The molecule has 0 saturated heterocycles. The first-order chi connectivity index (χ1) is 8.22. The van der Waals surface area contributed by atoms with Crippen molar-refractivity contribution in [2.24, 2.45) is 5.92 Å². The molecule has 1 atom stereocenters. The van der Waals surface area contributed by atoms with Gasteiger partial charge < -0.3 is 15.2 Å². The molecule has 17 heavy (non-hydrogen) atoms. The molecule has 2 aliphatic carbocycles. The van der Waals surface area contributed by atoms with Gasteiger partial charge in [-0.05, 0) is 38.5 Å². The van der Waals surface area contributed by atoms with Crippen LogP contribution in [0.1, 0.15) is 51.9 Å². The Kier molecular flexibility index (Phi) is 4.83. The Morgan fingerprint density at radius 3 is 2.47 bits per heavy atom. The summed E-state index contributed by atoms with van der Waals surface area (Å²) in [5.41, 5.74) is -0.240. The van der Waals surface area contributed by atoms with Crippen molar-refractivity contribution in [2.45, 2.75) is 63.5 Å². The Morgan fingerprint density at radius 1 is 1.18 bits per heavy atom. The summed E-state index contributed by atoms with van der Waals surface area (Å²) in [5, 5.41) is 12.9. The maximum absolute atomic E-state index is 9.46. The van der Waals surface area contributed by atoms with Crippen LogP contribution in [-0.4, -0.2) is 36.5 Å². The number of aliphatic hydroxyl groups is 1. The maximum Gasteiger partial charge on any atom is 0.0668 e. The SMILES string of the molecule is CC(CO)(COCC1CCCCC1)NC1CC1. The topological polar surface area (TPSA) is 41.5 Å². The molecular formula is C14H27NO2. The first kappa shape index (κ1) is 13.3. The summed E-state index contributed by atoms with van der Waals surface area (Å²) in [7, 11) is 0. The van der Waals surface area contributed by atoms with E-state index < -0.39 is 0 Å². The number of hydrogen-bond acceptors (Lipinski definition) is 3. The van der Waals surface area contributed by atoms with Gasteiger partial charge in [-0.3, -0.25) is 0 Å². The predicted molar refractivity (Wildman–Crippen MR) is 69.0 cm³/mol. The lowest BCUT2D eigenvalue weighted by molar-refractivity contribution is 0.0209. The highest BCUT2D eigenvalue weighted by Gasteiger charge is 2.32. The van der Waals surface area contributed by atoms with Gasteiger partial charge in [0.05, 0.1) is 18.8 Å². The Balaban J connectivity index is 1.64. The smallest absolute Gasteiger partial charge is 0.0668 e. The van der Waals surface area contributed by atoms with Crippen molar-refractivity contribution in [1.29, 1.82) is 0 Å². The second-order valence-corrected chi connectivity index (χ2v) is 6.16. The molecule has 1 unspecified atom stereocenters. The van der Waals surface area contributed by atoms with Crippen LogP contribution in [0.5, 0.6) is 0 Å². The third-order valence-electron chi connectivity index (χ3n) is 3.98. The molecule has 3 nitrogen and oxygen atoms in total. The van der Waals surface area contributed by atoms with Gasteiger partial charge in [0, 0.05) is 12.6 Å². The first-order valence-corrected chi connectivity index (χ1v) is 7.18. The number of nitrogens with one attached hydrogen (secondary N) is 1. The summed E-state index contributed by atoms with van der Waals surface area (Å²) in [6.07, 6.45) is 9.28. The van der Waals surface area contributed by atoms with E-state index in [9.17, 15) is 5.11 Å². The Morgan fingerprint density at radius 2 is 1.88 bits per heavy atom. The fourth-order valence-corrected chi connectivity index (χ4v) is 2.66. The molecule has 0 spiro atoms. The standard InChI is InChI=1S/C14H27NO2/c1-14(10-16,15-13-7-8-13)11-17-9-12-5-3-2-4-6-12/h12-13,15-16H,2-11H2,1H3. The van der Waals surface area contributed by atoms with Crippen LogP contribution in [0, 0.1) is 5.92 Å². The Hall–Kier alpha value is -0.120. The lowest BCUT2D eigenvalue weighted by Crippen LogP contribution is -2.51. The van der Waals surface area contributed by atoms with Gasteiger partial charge >= 0.3 is 0 Å². The molecule has 2 rings (SSSR count). The second-order valence-electron chi connectivity index (χ2n) is 6.16. The molecule has 2 aliphatic rings. The molecular weight excluding hydrogens is 214 g/mol. The summed E-state index contributed by atoms with van der Waals surface area (Å²) in [6, 6.07) is 0.616. The molecule has 0 heterocycles. The largest absolute Gasteiger partial charge is 0.394 e. The monoisotopic (exact) mass is 241 g/mol. The van der Waals surface area contributed by atoms with Gasteiger partial charge in [0.25, 0.3) is 0 Å². The van der Waals surface area contributed by atoms with E-state index in [1.807, 2.05) is 0 Å². The van der Waals surface area contributed by atoms with Crippen LogP contribution in [0.2, 0.25) is 0 Å². The third kappa shape index (κ3) is 4.57. The minimum Gasteiger partial charge on any atom is -0.394 e. The van der Waals surface area contributed by atoms with Crippen LogP contribution in [-0.2, 0) is 4.74 Å². The summed E-state index contributed by atoms with van der Waals surface area (Å²) >= 11 is 0. The van der Waals surface area contributed by atoms with Crippen LogP contribution < -0.4 is 5.32 Å². The Bertz CT molecular complexity index is 224. The van der Waals surface area contributed by atoms with Gasteiger partial charge in [-0.2, -0.15) is 0 Å². The van der Waals surface area contributed by atoms with Crippen molar-refractivity contribution in [3.05, 3.63) is 0 Å². The summed E-state index contributed by atoms with van der Waals surface area (Å²) < 4.78 is 5.84. The summed E-state index contributed by atoms with van der Waals surface area (Å²) in [5.74, 6) is 0.757. The quantitative estimate of drug-likeness (QED) is 0.717. The number of ether oxygens (including phenoxy) is 1. The van der Waals surface area contributed by atoms with E-state index >= 15 is 0 Å². The molecule has 0 radical (unpaired) electrons. The fourth-order valence-electron chi connectivity index (χ4n) is 2.66. The van der Waals surface area contributed by atoms with E-state index in [0.717, 1.165) is 12.5 Å². The molecule has 0 aromatic rings. The highest BCUT2D eigenvalue weighted by Crippen LogP contribution is 2.25. The van der Waals surface area contributed by atoms with E-state index in [1.54, 1.807) is 0 Å². The van der Waals surface area contributed by atoms with Gasteiger partial charge in [-0.15, -0.1) is 0 Å². The van der Waals surface area contributed by atoms with Crippen molar-refractivity contribution < 1.29 is 9.84 Å². The van der Waals surface area contributed by atoms with Crippen LogP contribution in [0.4, 0.5) is 0 Å². The normalized spacial score (nSPS) is 25.8. The average Bonchev–Trinajstić information content (AvgIpc) is 3.14. The number of hydrogen-bond donors (Lipinski definition) is 2. The van der Waals surface area contributed by atoms with E-state index in [0.29, 0.717) is 12.6 Å². The molecule has 100 valence electrons. The van der Waals surface area contributed by atoms with Crippen molar-refractivity contribution in [1.82, 2.24) is 5.32 Å². The highest BCUT2D eigenvalue weighted by molar-refractivity contribution is 4.92. The average molecular weight is 241 g/mol. The highest BCUT2D eigenvalue weighted by atomic mass is 16.5. The maximum atomic E-state index is 9.46. The summed E-state index contributed by atoms with van der Waals surface area (Å²) in [4.78, 5) is 0. The van der Waals surface area contributed by atoms with E-state index in [2.05, 4.69) is 12.2 Å². The van der Waals surface area contributed by atoms with Crippen LogP contribution in [0.3, 0.4) is 0 Å². The Labute approximate surface area is 105 Å². The van der Waals surface area contributed by atoms with Crippen molar-refractivity contribution >= 4 is 0 Å². The zero-order chi connectivity index (χ0) is 12.1. The third-order valence-corrected chi connectivity index (χ3v) is 3.98. The number of rotatable bonds is 7. The zero-order valence-corrected chi connectivity index (χ0v) is 11.1. The van der Waals surface area contributed by atoms with Gasteiger partial charge in [-0.1, -0.05) is 19.3 Å². The van der Waals surface area contributed by atoms with Crippen molar-refractivity contribution in [3.63, 3.8) is 0 Å². The van der Waals surface area contributed by atoms with Crippen molar-refractivity contribution in [3.8, 4) is 0 Å². The van der Waals surface area contributed by atoms with Crippen molar-refractivity contribution in [2.75, 3.05) is 19.8 Å². The van der Waals surface area contributed by atoms with Crippen LogP contribution >= 0.6 is 0 Å². The molecule has 0 aliphatic heterocycles. The number of aliphatic hydroxyl groups excluding tert-OH is 1. The van der Waals surface area contributed by atoms with E-state index in [4.69, 9.17) is 4.74 Å². The zero-order valence-electron chi connectivity index (χ0n) is 11.1.